The summed E-state index contributed by atoms with van der Waals surface area (Å²) in [6.45, 7) is 2.45. The van der Waals surface area contributed by atoms with E-state index in [-0.39, 0.29) is 0 Å². The van der Waals surface area contributed by atoms with Crippen molar-refractivity contribution in [3.63, 3.8) is 0 Å². The maximum Gasteiger partial charge on any atom is 0.405 e. The van der Waals surface area contributed by atoms with Crippen LogP contribution in [0.5, 0.6) is 0 Å². The minimum atomic E-state index is -4.25. The summed E-state index contributed by atoms with van der Waals surface area (Å²) in [5.74, 6) is 0.350. The van der Waals surface area contributed by atoms with E-state index < -0.39 is 12.7 Å². The number of rotatable bonds is 5. The monoisotopic (exact) mass is 297 g/mol. The molecule has 21 heavy (non-hydrogen) atoms. The Hall–Kier alpha value is -1.82. The Labute approximate surface area is 121 Å². The SMILES string of the molecule is CCNCc1cnc(N(C)CC(F)(F)F)c2ccccc12. The fraction of sp³-hybridized carbons (Fsp3) is 0.400. The van der Waals surface area contributed by atoms with Crippen LogP contribution in [-0.2, 0) is 6.54 Å². The molecule has 114 valence electrons. The highest BCUT2D eigenvalue weighted by Gasteiger charge is 2.30. The van der Waals surface area contributed by atoms with Gasteiger partial charge in [0.15, 0.2) is 0 Å². The highest BCUT2D eigenvalue weighted by molar-refractivity contribution is 5.94. The molecule has 0 amide bonds. The fourth-order valence-electron chi connectivity index (χ4n) is 2.28. The second-order valence-corrected chi connectivity index (χ2v) is 4.90. The molecule has 0 aliphatic heterocycles. The third-order valence-corrected chi connectivity index (χ3v) is 3.20. The third-order valence-electron chi connectivity index (χ3n) is 3.20. The van der Waals surface area contributed by atoms with Crippen LogP contribution in [0.2, 0.25) is 0 Å². The van der Waals surface area contributed by atoms with Crippen LogP contribution in [0.15, 0.2) is 30.5 Å². The van der Waals surface area contributed by atoms with Gasteiger partial charge in [0.25, 0.3) is 0 Å². The van der Waals surface area contributed by atoms with E-state index in [1.54, 1.807) is 12.3 Å². The summed E-state index contributed by atoms with van der Waals surface area (Å²) in [6, 6.07) is 7.41. The van der Waals surface area contributed by atoms with Gasteiger partial charge in [-0.05, 0) is 17.5 Å². The molecule has 0 atom stereocenters. The van der Waals surface area contributed by atoms with Crippen LogP contribution in [0.4, 0.5) is 19.0 Å². The lowest BCUT2D eigenvalue weighted by Crippen LogP contribution is -2.31. The third kappa shape index (κ3) is 3.85. The maximum atomic E-state index is 12.6. The maximum absolute atomic E-state index is 12.6. The van der Waals surface area contributed by atoms with Crippen molar-refractivity contribution in [2.24, 2.45) is 0 Å². The molecule has 2 aromatic rings. The number of pyridine rings is 1. The highest BCUT2D eigenvalue weighted by Crippen LogP contribution is 2.28. The number of alkyl halides is 3. The van der Waals surface area contributed by atoms with E-state index in [1.165, 1.54) is 7.05 Å². The number of hydrogen-bond donors (Lipinski definition) is 1. The number of aromatic nitrogens is 1. The summed E-state index contributed by atoms with van der Waals surface area (Å²) in [6.07, 6.45) is -2.60. The van der Waals surface area contributed by atoms with Gasteiger partial charge in [0, 0.05) is 25.2 Å². The Bertz CT molecular complexity index is 611. The molecule has 0 aliphatic rings. The van der Waals surface area contributed by atoms with Gasteiger partial charge in [-0.15, -0.1) is 0 Å². The van der Waals surface area contributed by atoms with Gasteiger partial charge in [-0.3, -0.25) is 0 Å². The molecule has 0 aliphatic carbocycles. The molecule has 0 bridgehead atoms. The molecule has 1 heterocycles. The molecule has 6 heteroatoms. The summed E-state index contributed by atoms with van der Waals surface area (Å²) in [7, 11) is 1.41. The zero-order valence-electron chi connectivity index (χ0n) is 12.0. The molecule has 0 radical (unpaired) electrons. The van der Waals surface area contributed by atoms with Crippen LogP contribution in [0.3, 0.4) is 0 Å². The van der Waals surface area contributed by atoms with Gasteiger partial charge in [0.2, 0.25) is 0 Å². The Morgan fingerprint density at radius 3 is 2.48 bits per heavy atom. The zero-order chi connectivity index (χ0) is 15.5. The van der Waals surface area contributed by atoms with Gasteiger partial charge in [-0.25, -0.2) is 4.98 Å². The molecule has 0 unspecified atom stereocenters. The first kappa shape index (κ1) is 15.6. The molecule has 1 N–H and O–H groups in total. The van der Waals surface area contributed by atoms with Crippen LogP contribution < -0.4 is 10.2 Å². The van der Waals surface area contributed by atoms with Crippen molar-refractivity contribution in [3.8, 4) is 0 Å². The van der Waals surface area contributed by atoms with E-state index in [0.29, 0.717) is 12.4 Å². The van der Waals surface area contributed by atoms with Crippen molar-refractivity contribution in [3.05, 3.63) is 36.0 Å². The van der Waals surface area contributed by atoms with Gasteiger partial charge in [-0.2, -0.15) is 13.2 Å². The normalized spacial score (nSPS) is 11.9. The van der Waals surface area contributed by atoms with Crippen molar-refractivity contribution < 1.29 is 13.2 Å². The van der Waals surface area contributed by atoms with Crippen LogP contribution in [0, 0.1) is 0 Å². The molecule has 0 saturated heterocycles. The minimum absolute atomic E-state index is 0.350. The zero-order valence-corrected chi connectivity index (χ0v) is 12.0. The standard InChI is InChI=1S/C15H18F3N3/c1-3-19-8-11-9-20-14(21(2)10-15(16,17)18)13-7-5-4-6-12(11)13/h4-7,9,19H,3,8,10H2,1-2H3. The van der Waals surface area contributed by atoms with E-state index in [2.05, 4.69) is 10.3 Å². The summed E-state index contributed by atoms with van der Waals surface area (Å²) in [5, 5.41) is 4.87. The Morgan fingerprint density at radius 1 is 1.19 bits per heavy atom. The summed E-state index contributed by atoms with van der Waals surface area (Å²) < 4.78 is 37.7. The van der Waals surface area contributed by atoms with Gasteiger partial charge in [0.05, 0.1) is 0 Å². The lowest BCUT2D eigenvalue weighted by molar-refractivity contribution is -0.119. The van der Waals surface area contributed by atoms with Crippen molar-refractivity contribution in [1.29, 1.82) is 0 Å². The highest BCUT2D eigenvalue weighted by atomic mass is 19.4. The number of hydrogen-bond acceptors (Lipinski definition) is 3. The van der Waals surface area contributed by atoms with E-state index in [9.17, 15) is 13.2 Å². The predicted octanol–water partition coefficient (Wildman–Crippen LogP) is 3.34. The molecule has 0 spiro atoms. The lowest BCUT2D eigenvalue weighted by atomic mass is 10.1. The second kappa shape index (κ2) is 6.30. The number of benzene rings is 1. The second-order valence-electron chi connectivity index (χ2n) is 4.90. The molecule has 1 aromatic heterocycles. The van der Waals surface area contributed by atoms with Gasteiger partial charge in [0.1, 0.15) is 12.4 Å². The van der Waals surface area contributed by atoms with Crippen LogP contribution >= 0.6 is 0 Å². The molecule has 1 aromatic carbocycles. The molecule has 0 fully saturated rings. The molecular formula is C15H18F3N3. The first-order chi connectivity index (χ1) is 9.92. The summed E-state index contributed by atoms with van der Waals surface area (Å²) in [4.78, 5) is 5.37. The van der Waals surface area contributed by atoms with Crippen molar-refractivity contribution in [1.82, 2.24) is 10.3 Å². The van der Waals surface area contributed by atoms with E-state index >= 15 is 0 Å². The smallest absolute Gasteiger partial charge is 0.350 e. The van der Waals surface area contributed by atoms with Crippen LogP contribution in [0.1, 0.15) is 12.5 Å². The molecule has 0 saturated carbocycles. The van der Waals surface area contributed by atoms with E-state index in [0.717, 1.165) is 27.8 Å². The van der Waals surface area contributed by atoms with E-state index in [4.69, 9.17) is 0 Å². The minimum Gasteiger partial charge on any atom is -0.350 e. The number of nitrogens with one attached hydrogen (secondary N) is 1. The van der Waals surface area contributed by atoms with Gasteiger partial charge >= 0.3 is 6.18 Å². The Balaban J connectivity index is 2.42. The van der Waals surface area contributed by atoms with Crippen LogP contribution in [-0.4, -0.2) is 31.3 Å². The Morgan fingerprint density at radius 2 is 1.86 bits per heavy atom. The first-order valence-electron chi connectivity index (χ1n) is 6.77. The van der Waals surface area contributed by atoms with Crippen LogP contribution in [0.25, 0.3) is 10.8 Å². The molecule has 3 nitrogen and oxygen atoms in total. The predicted molar refractivity (Wildman–Crippen MR) is 78.4 cm³/mol. The quantitative estimate of drug-likeness (QED) is 0.917. The van der Waals surface area contributed by atoms with Crippen molar-refractivity contribution >= 4 is 16.6 Å². The molecular weight excluding hydrogens is 279 g/mol. The number of halogens is 3. The average Bonchev–Trinajstić information content (AvgIpc) is 2.42. The van der Waals surface area contributed by atoms with E-state index in [1.807, 2.05) is 25.1 Å². The number of fused-ring (bicyclic) bond motifs is 1. The fourth-order valence-corrected chi connectivity index (χ4v) is 2.28. The Kier molecular flexibility index (Phi) is 4.67. The van der Waals surface area contributed by atoms with Gasteiger partial charge in [-0.1, -0.05) is 31.2 Å². The molecule has 2 rings (SSSR count). The first-order valence-corrected chi connectivity index (χ1v) is 6.77. The summed E-state index contributed by atoms with van der Waals surface area (Å²) >= 11 is 0. The largest absolute Gasteiger partial charge is 0.405 e. The van der Waals surface area contributed by atoms with Gasteiger partial charge < -0.3 is 10.2 Å². The van der Waals surface area contributed by atoms with Crippen molar-refractivity contribution in [2.75, 3.05) is 25.0 Å². The summed E-state index contributed by atoms with van der Waals surface area (Å²) in [5.41, 5.74) is 0.983. The lowest BCUT2D eigenvalue weighted by Gasteiger charge is -2.22. The van der Waals surface area contributed by atoms with Crippen molar-refractivity contribution in [2.45, 2.75) is 19.6 Å². The number of anilines is 1. The topological polar surface area (TPSA) is 28.2 Å². The average molecular weight is 297 g/mol. The number of nitrogens with zero attached hydrogens (tertiary/aromatic N) is 2.